The molecule has 84 valence electrons. The van der Waals surface area contributed by atoms with Gasteiger partial charge in [0.15, 0.2) is 0 Å². The fourth-order valence-electron chi connectivity index (χ4n) is 2.88. The summed E-state index contributed by atoms with van der Waals surface area (Å²) in [7, 11) is 0. The molecule has 1 aromatic rings. The summed E-state index contributed by atoms with van der Waals surface area (Å²) in [6.07, 6.45) is 4.65. The molecule has 0 atom stereocenters. The van der Waals surface area contributed by atoms with Crippen LogP contribution in [0.25, 0.3) is 0 Å². The zero-order valence-corrected chi connectivity index (χ0v) is 9.45. The van der Waals surface area contributed by atoms with Gasteiger partial charge in [-0.25, -0.2) is 0 Å². The second kappa shape index (κ2) is 2.98. The van der Waals surface area contributed by atoms with Crippen molar-refractivity contribution in [1.29, 1.82) is 0 Å². The molecule has 1 aliphatic carbocycles. The monoisotopic (exact) mass is 215 g/mol. The number of nitrogens with one attached hydrogen (secondary N) is 1. The molecule has 1 spiro atoms. The molecular weight excluding hydrogens is 198 g/mol. The number of anilines is 1. The smallest absolute Gasteiger partial charge is 0.0455 e. The molecule has 0 bridgehead atoms. The minimum atomic E-state index is 0.614. The molecule has 2 saturated heterocycles. The van der Waals surface area contributed by atoms with Gasteiger partial charge in [-0.2, -0.15) is 0 Å². The number of hydrogen-bond donors (Lipinski definition) is 1. The first-order valence-corrected chi connectivity index (χ1v) is 6.26. The van der Waals surface area contributed by atoms with Crippen LogP contribution >= 0.6 is 0 Å². The fraction of sp³-hybridized carbons (Fsp3) is 0.615. The summed E-state index contributed by atoms with van der Waals surface area (Å²) in [6, 6.07) is 4.46. The van der Waals surface area contributed by atoms with E-state index in [4.69, 9.17) is 0 Å². The maximum Gasteiger partial charge on any atom is 0.0455 e. The van der Waals surface area contributed by atoms with Crippen LogP contribution in [0.5, 0.6) is 0 Å². The topological polar surface area (TPSA) is 28.2 Å². The molecule has 3 aliphatic rings. The molecule has 4 rings (SSSR count). The van der Waals surface area contributed by atoms with Crippen molar-refractivity contribution >= 4 is 5.69 Å². The van der Waals surface area contributed by atoms with Crippen molar-refractivity contribution in [2.75, 3.05) is 31.1 Å². The molecule has 0 aromatic carbocycles. The van der Waals surface area contributed by atoms with E-state index in [-0.39, 0.29) is 0 Å². The van der Waals surface area contributed by atoms with Crippen LogP contribution in [-0.4, -0.2) is 31.2 Å². The van der Waals surface area contributed by atoms with Gasteiger partial charge in [-0.3, -0.25) is 4.98 Å². The predicted octanol–water partition coefficient (Wildman–Crippen LogP) is 1.37. The van der Waals surface area contributed by atoms with Gasteiger partial charge in [0, 0.05) is 55.1 Å². The summed E-state index contributed by atoms with van der Waals surface area (Å²) in [5, 5.41) is 3.38. The second-order valence-corrected chi connectivity index (χ2v) is 5.67. The summed E-state index contributed by atoms with van der Waals surface area (Å²) < 4.78 is 0. The summed E-state index contributed by atoms with van der Waals surface area (Å²) in [5.74, 6) is 0.764. The highest BCUT2D eigenvalue weighted by Gasteiger charge is 2.47. The Morgan fingerprint density at radius 1 is 1.31 bits per heavy atom. The summed E-state index contributed by atoms with van der Waals surface area (Å²) in [4.78, 5) is 6.97. The van der Waals surface area contributed by atoms with Crippen molar-refractivity contribution in [3.8, 4) is 0 Å². The van der Waals surface area contributed by atoms with E-state index < -0.39 is 0 Å². The van der Waals surface area contributed by atoms with Crippen LogP contribution in [0.4, 0.5) is 5.69 Å². The Balaban J connectivity index is 1.52. The first kappa shape index (κ1) is 8.99. The van der Waals surface area contributed by atoms with Crippen LogP contribution in [0.3, 0.4) is 0 Å². The summed E-state index contributed by atoms with van der Waals surface area (Å²) >= 11 is 0. The maximum absolute atomic E-state index is 4.47. The highest BCUT2D eigenvalue weighted by molar-refractivity contribution is 5.51. The number of rotatable bonds is 2. The van der Waals surface area contributed by atoms with Crippen LogP contribution in [0.15, 0.2) is 18.3 Å². The minimum absolute atomic E-state index is 0.614. The third-order valence-electron chi connectivity index (χ3n) is 4.18. The van der Waals surface area contributed by atoms with Crippen LogP contribution in [0.1, 0.15) is 24.5 Å². The number of aromatic nitrogens is 1. The standard InChI is InChI=1S/C13H17N3/c1-2-10(1)12-5-11(3-4-15-12)16-8-13(9-16)6-14-7-13/h3-5,10,14H,1-2,6-9H2. The SMILES string of the molecule is c1cc(N2CC3(CNC3)C2)cc(C2CC2)n1. The Bertz CT molecular complexity index is 413. The Hall–Kier alpha value is -1.09. The van der Waals surface area contributed by atoms with Crippen molar-refractivity contribution < 1.29 is 0 Å². The Labute approximate surface area is 95.9 Å². The van der Waals surface area contributed by atoms with Gasteiger partial charge in [0.25, 0.3) is 0 Å². The molecule has 1 N–H and O–H groups in total. The molecular formula is C13H17N3. The van der Waals surface area contributed by atoms with Gasteiger partial charge in [-0.05, 0) is 25.0 Å². The first-order valence-electron chi connectivity index (χ1n) is 6.26. The van der Waals surface area contributed by atoms with E-state index in [0.29, 0.717) is 5.41 Å². The molecule has 3 heterocycles. The largest absolute Gasteiger partial charge is 0.370 e. The average molecular weight is 215 g/mol. The lowest BCUT2D eigenvalue weighted by Crippen LogP contribution is -2.71. The highest BCUT2D eigenvalue weighted by Crippen LogP contribution is 2.42. The summed E-state index contributed by atoms with van der Waals surface area (Å²) in [6.45, 7) is 4.89. The number of pyridine rings is 1. The third-order valence-corrected chi connectivity index (χ3v) is 4.18. The molecule has 1 saturated carbocycles. The molecule has 3 heteroatoms. The number of hydrogen-bond acceptors (Lipinski definition) is 3. The molecule has 3 nitrogen and oxygen atoms in total. The molecule has 1 aromatic heterocycles. The van der Waals surface area contributed by atoms with Crippen LogP contribution in [0.2, 0.25) is 0 Å². The van der Waals surface area contributed by atoms with E-state index >= 15 is 0 Å². The highest BCUT2D eigenvalue weighted by atomic mass is 15.3. The van der Waals surface area contributed by atoms with Gasteiger partial charge >= 0.3 is 0 Å². The lowest BCUT2D eigenvalue weighted by molar-refractivity contribution is 0.121. The van der Waals surface area contributed by atoms with Crippen LogP contribution in [0, 0.1) is 5.41 Å². The van der Waals surface area contributed by atoms with Crippen molar-refractivity contribution in [3.05, 3.63) is 24.0 Å². The van der Waals surface area contributed by atoms with Crippen molar-refractivity contribution in [2.45, 2.75) is 18.8 Å². The average Bonchev–Trinajstić information content (AvgIpc) is 2.96. The Kier molecular flexibility index (Phi) is 1.67. The van der Waals surface area contributed by atoms with Crippen molar-refractivity contribution in [1.82, 2.24) is 10.3 Å². The molecule has 0 unspecified atom stereocenters. The van der Waals surface area contributed by atoms with Crippen molar-refractivity contribution in [2.24, 2.45) is 5.41 Å². The van der Waals surface area contributed by atoms with Gasteiger partial charge in [-0.1, -0.05) is 0 Å². The van der Waals surface area contributed by atoms with E-state index in [0.717, 1.165) is 5.92 Å². The van der Waals surface area contributed by atoms with E-state index in [1.807, 2.05) is 6.20 Å². The third kappa shape index (κ3) is 1.27. The van der Waals surface area contributed by atoms with Gasteiger partial charge < -0.3 is 10.2 Å². The molecule has 2 aliphatic heterocycles. The van der Waals surface area contributed by atoms with E-state index in [1.54, 1.807) is 0 Å². The predicted molar refractivity (Wildman–Crippen MR) is 63.7 cm³/mol. The molecule has 0 amide bonds. The molecule has 16 heavy (non-hydrogen) atoms. The van der Waals surface area contributed by atoms with Gasteiger partial charge in [0.1, 0.15) is 0 Å². The Morgan fingerprint density at radius 2 is 2.12 bits per heavy atom. The van der Waals surface area contributed by atoms with Gasteiger partial charge in [-0.15, -0.1) is 0 Å². The zero-order chi connectivity index (χ0) is 10.6. The van der Waals surface area contributed by atoms with Crippen LogP contribution < -0.4 is 10.2 Å². The molecule has 3 fully saturated rings. The second-order valence-electron chi connectivity index (χ2n) is 5.67. The van der Waals surface area contributed by atoms with E-state index in [1.165, 1.54) is 50.4 Å². The van der Waals surface area contributed by atoms with E-state index in [9.17, 15) is 0 Å². The van der Waals surface area contributed by atoms with Crippen LogP contribution in [-0.2, 0) is 0 Å². The lowest BCUT2D eigenvalue weighted by atomic mass is 9.74. The quantitative estimate of drug-likeness (QED) is 0.807. The van der Waals surface area contributed by atoms with E-state index in [2.05, 4.69) is 27.3 Å². The summed E-state index contributed by atoms with van der Waals surface area (Å²) in [5.41, 5.74) is 3.31. The maximum atomic E-state index is 4.47. The zero-order valence-electron chi connectivity index (χ0n) is 9.45. The normalized spacial score (nSPS) is 26.4. The van der Waals surface area contributed by atoms with Gasteiger partial charge in [0.2, 0.25) is 0 Å². The number of nitrogens with zero attached hydrogens (tertiary/aromatic N) is 2. The Morgan fingerprint density at radius 3 is 2.75 bits per heavy atom. The molecule has 0 radical (unpaired) electrons. The lowest BCUT2D eigenvalue weighted by Gasteiger charge is -2.57. The van der Waals surface area contributed by atoms with Crippen molar-refractivity contribution in [3.63, 3.8) is 0 Å². The first-order chi connectivity index (χ1) is 7.85. The fourth-order valence-corrected chi connectivity index (χ4v) is 2.88. The minimum Gasteiger partial charge on any atom is -0.370 e. The van der Waals surface area contributed by atoms with Gasteiger partial charge in [0.05, 0.1) is 0 Å².